The highest BCUT2D eigenvalue weighted by Gasteiger charge is 2.22. The molecule has 0 amide bonds. The second kappa shape index (κ2) is 9.45. The van der Waals surface area contributed by atoms with Crippen molar-refractivity contribution in [2.75, 3.05) is 5.32 Å². The Kier molecular flexibility index (Phi) is 6.26. The van der Waals surface area contributed by atoms with Gasteiger partial charge in [-0.25, -0.2) is 9.18 Å². The molecule has 2 heterocycles. The Hall–Kier alpha value is -4.46. The van der Waals surface area contributed by atoms with E-state index in [1.807, 2.05) is 38.4 Å². The van der Waals surface area contributed by atoms with E-state index in [0.717, 1.165) is 10.9 Å². The fourth-order valence-corrected chi connectivity index (χ4v) is 4.45. The van der Waals surface area contributed by atoms with Gasteiger partial charge < -0.3 is 14.5 Å². The molecule has 0 saturated heterocycles. The van der Waals surface area contributed by atoms with E-state index in [-0.39, 0.29) is 16.4 Å². The maximum atomic E-state index is 14.7. The molecule has 0 bridgehead atoms. The van der Waals surface area contributed by atoms with E-state index in [0.29, 0.717) is 28.1 Å². The van der Waals surface area contributed by atoms with Crippen LogP contribution in [0.15, 0.2) is 76.1 Å². The van der Waals surface area contributed by atoms with E-state index >= 15 is 0 Å². The summed E-state index contributed by atoms with van der Waals surface area (Å²) in [5.74, 6) is -0.669. The number of halogens is 1. The number of fused-ring (bicyclic) bond motifs is 2. The smallest absolute Gasteiger partial charge is 0.340 e. The van der Waals surface area contributed by atoms with Gasteiger partial charge in [0.25, 0.3) is 0 Å². The van der Waals surface area contributed by atoms with E-state index in [2.05, 4.69) is 10.4 Å². The molecule has 0 aliphatic carbocycles. The van der Waals surface area contributed by atoms with Crippen LogP contribution < -0.4 is 10.7 Å². The minimum absolute atomic E-state index is 0.139. The molecular weight excluding hydrogens is 485 g/mol. The van der Waals surface area contributed by atoms with Crippen molar-refractivity contribution >= 4 is 33.5 Å². The number of para-hydroxylation sites is 1. The molecule has 5 aromatic rings. The fraction of sp³-hybridized carbons (Fsp3) is 0.233. The Labute approximate surface area is 218 Å². The third-order valence-electron chi connectivity index (χ3n) is 6.11. The van der Waals surface area contributed by atoms with Crippen LogP contribution in [0.1, 0.15) is 49.7 Å². The van der Waals surface area contributed by atoms with E-state index in [1.165, 1.54) is 18.2 Å². The number of rotatable bonds is 5. The molecule has 0 aliphatic rings. The number of hydrogen-bond acceptors (Lipinski definition) is 6. The van der Waals surface area contributed by atoms with Gasteiger partial charge in [-0.1, -0.05) is 12.1 Å². The quantitative estimate of drug-likeness (QED) is 0.266. The van der Waals surface area contributed by atoms with Crippen LogP contribution in [-0.4, -0.2) is 21.4 Å². The summed E-state index contributed by atoms with van der Waals surface area (Å²) in [5.41, 5.74) is 2.10. The molecule has 0 aliphatic heterocycles. The first-order valence-electron chi connectivity index (χ1n) is 12.3. The third-order valence-corrected chi connectivity index (χ3v) is 6.11. The molecule has 1 N–H and O–H groups in total. The summed E-state index contributed by atoms with van der Waals surface area (Å²) in [6.07, 6.45) is 1.88. The molecule has 0 fully saturated rings. The molecular formula is C30H28FN3O4. The van der Waals surface area contributed by atoms with Gasteiger partial charge in [0.2, 0.25) is 0 Å². The first-order chi connectivity index (χ1) is 18.0. The van der Waals surface area contributed by atoms with Gasteiger partial charge in [0.15, 0.2) is 5.43 Å². The second-order valence-electron chi connectivity index (χ2n) is 10.3. The standard InChI is InChI=1S/C30H28FN3O4/c1-17(32-25-9-7-6-8-21(25)29(36)38-30(2,3)4)22-13-20(31)14-23-26(35)15-27(37-28(22)23)18-10-11-24-19(12-18)16-34(5)33-24/h6-17,32H,1-5H3. The van der Waals surface area contributed by atoms with E-state index in [1.54, 1.807) is 49.7 Å². The fourth-order valence-electron chi connectivity index (χ4n) is 4.45. The zero-order valence-corrected chi connectivity index (χ0v) is 21.8. The Bertz CT molecular complexity index is 1750. The molecule has 2 aromatic heterocycles. The van der Waals surface area contributed by atoms with Gasteiger partial charge in [-0.15, -0.1) is 0 Å². The Morgan fingerprint density at radius 1 is 1.11 bits per heavy atom. The van der Waals surface area contributed by atoms with Crippen LogP contribution in [0.2, 0.25) is 0 Å². The number of carbonyl (C=O) groups excluding carboxylic acids is 1. The van der Waals surface area contributed by atoms with Crippen molar-refractivity contribution in [2.45, 2.75) is 39.3 Å². The van der Waals surface area contributed by atoms with Crippen molar-refractivity contribution in [1.29, 1.82) is 0 Å². The molecule has 38 heavy (non-hydrogen) atoms. The number of ether oxygens (including phenoxy) is 1. The first-order valence-corrected chi connectivity index (χ1v) is 12.3. The molecule has 0 radical (unpaired) electrons. The summed E-state index contributed by atoms with van der Waals surface area (Å²) in [6, 6.07) is 15.9. The highest BCUT2D eigenvalue weighted by Crippen LogP contribution is 2.32. The zero-order chi connectivity index (χ0) is 27.2. The van der Waals surface area contributed by atoms with Crippen LogP contribution in [0.3, 0.4) is 0 Å². The zero-order valence-electron chi connectivity index (χ0n) is 21.8. The number of aryl methyl sites for hydroxylation is 1. The van der Waals surface area contributed by atoms with Crippen LogP contribution in [0, 0.1) is 5.82 Å². The lowest BCUT2D eigenvalue weighted by molar-refractivity contribution is 0.00706. The lowest BCUT2D eigenvalue weighted by atomic mass is 10.0. The van der Waals surface area contributed by atoms with Crippen LogP contribution in [0.4, 0.5) is 10.1 Å². The first kappa shape index (κ1) is 25.2. The van der Waals surface area contributed by atoms with Crippen molar-refractivity contribution in [3.8, 4) is 11.3 Å². The minimum Gasteiger partial charge on any atom is -0.456 e. The van der Waals surface area contributed by atoms with Crippen molar-refractivity contribution in [1.82, 2.24) is 9.78 Å². The largest absolute Gasteiger partial charge is 0.456 e. The Balaban J connectivity index is 1.57. The molecule has 7 nitrogen and oxygen atoms in total. The van der Waals surface area contributed by atoms with Crippen LogP contribution in [0.25, 0.3) is 33.2 Å². The van der Waals surface area contributed by atoms with Crippen molar-refractivity contribution in [3.63, 3.8) is 0 Å². The van der Waals surface area contributed by atoms with Gasteiger partial charge in [0.1, 0.15) is 22.8 Å². The highest BCUT2D eigenvalue weighted by atomic mass is 19.1. The van der Waals surface area contributed by atoms with E-state index < -0.39 is 23.4 Å². The lowest BCUT2D eigenvalue weighted by Gasteiger charge is -2.22. The lowest BCUT2D eigenvalue weighted by Crippen LogP contribution is -2.24. The molecule has 8 heteroatoms. The molecule has 3 aromatic carbocycles. The van der Waals surface area contributed by atoms with Gasteiger partial charge in [-0.2, -0.15) is 5.10 Å². The number of carbonyl (C=O) groups is 1. The number of nitrogens with zero attached hydrogens (tertiary/aromatic N) is 2. The highest BCUT2D eigenvalue weighted by molar-refractivity contribution is 5.96. The normalized spacial score (nSPS) is 12.6. The maximum Gasteiger partial charge on any atom is 0.340 e. The van der Waals surface area contributed by atoms with Crippen LogP contribution in [0.5, 0.6) is 0 Å². The van der Waals surface area contributed by atoms with Gasteiger partial charge in [-0.3, -0.25) is 9.48 Å². The summed E-state index contributed by atoms with van der Waals surface area (Å²) in [7, 11) is 1.84. The summed E-state index contributed by atoms with van der Waals surface area (Å²) < 4.78 is 28.2. The van der Waals surface area contributed by atoms with Crippen molar-refractivity contribution in [3.05, 3.63) is 94.0 Å². The van der Waals surface area contributed by atoms with E-state index in [9.17, 15) is 14.0 Å². The summed E-state index contributed by atoms with van der Waals surface area (Å²) in [5, 5.41) is 8.70. The average molecular weight is 514 g/mol. The Morgan fingerprint density at radius 3 is 2.63 bits per heavy atom. The number of anilines is 1. The molecule has 5 rings (SSSR count). The number of esters is 1. The Morgan fingerprint density at radius 2 is 1.87 bits per heavy atom. The van der Waals surface area contributed by atoms with Crippen molar-refractivity contribution in [2.24, 2.45) is 7.05 Å². The number of benzene rings is 3. The third kappa shape index (κ3) is 5.02. The van der Waals surface area contributed by atoms with E-state index in [4.69, 9.17) is 9.15 Å². The predicted molar refractivity (Wildman–Crippen MR) is 146 cm³/mol. The van der Waals surface area contributed by atoms with Gasteiger partial charge >= 0.3 is 5.97 Å². The minimum atomic E-state index is -0.660. The van der Waals surface area contributed by atoms with Gasteiger partial charge in [-0.05, 0) is 70.2 Å². The number of hydrogen-bond donors (Lipinski definition) is 1. The number of nitrogens with one attached hydrogen (secondary N) is 1. The monoisotopic (exact) mass is 513 g/mol. The van der Waals surface area contributed by atoms with Crippen LogP contribution in [-0.2, 0) is 11.8 Å². The molecule has 194 valence electrons. The topological polar surface area (TPSA) is 86.4 Å². The maximum absolute atomic E-state index is 14.7. The number of aromatic nitrogens is 2. The SMILES string of the molecule is CC(Nc1ccccc1C(=O)OC(C)(C)C)c1cc(F)cc2c(=O)cc(-c3ccc4nn(C)cc4c3)oc12. The predicted octanol–water partition coefficient (Wildman–Crippen LogP) is 6.61. The molecule has 0 saturated carbocycles. The van der Waals surface area contributed by atoms with Gasteiger partial charge in [0, 0.05) is 41.5 Å². The summed E-state index contributed by atoms with van der Waals surface area (Å²) >= 11 is 0. The summed E-state index contributed by atoms with van der Waals surface area (Å²) in [4.78, 5) is 25.9. The average Bonchev–Trinajstić information content (AvgIpc) is 3.22. The second-order valence-corrected chi connectivity index (χ2v) is 10.3. The molecule has 1 unspecified atom stereocenters. The summed E-state index contributed by atoms with van der Waals surface area (Å²) in [6.45, 7) is 7.21. The van der Waals surface area contributed by atoms with Crippen molar-refractivity contribution < 1.29 is 18.3 Å². The molecule has 0 spiro atoms. The molecule has 1 atom stereocenters. The van der Waals surface area contributed by atoms with Crippen LogP contribution >= 0.6 is 0 Å². The van der Waals surface area contributed by atoms with Gasteiger partial charge in [0.05, 0.1) is 22.5 Å².